The third-order valence-corrected chi connectivity index (χ3v) is 2.87. The smallest absolute Gasteiger partial charge is 0.325 e. The average molecular weight is 286 g/mol. The number of urea groups is 1. The second kappa shape index (κ2) is 6.56. The van der Waals surface area contributed by atoms with Crippen molar-refractivity contribution in [1.82, 2.24) is 5.32 Å². The molecule has 4 nitrogen and oxygen atoms in total. The molecule has 0 aliphatic carbocycles. The summed E-state index contributed by atoms with van der Waals surface area (Å²) in [5.41, 5.74) is 1.30. The van der Waals surface area contributed by atoms with Crippen LogP contribution < -0.4 is 10.2 Å². The minimum atomic E-state index is -0.339. The summed E-state index contributed by atoms with van der Waals surface area (Å²) in [6, 6.07) is 12.0. The predicted molar refractivity (Wildman–Crippen MR) is 80.5 cm³/mol. The highest BCUT2D eigenvalue weighted by atomic mass is 19.1. The van der Waals surface area contributed by atoms with E-state index < -0.39 is 0 Å². The van der Waals surface area contributed by atoms with Crippen molar-refractivity contribution in [1.29, 1.82) is 0 Å². The zero-order chi connectivity index (χ0) is 15.2. The standard InChI is InChI=1S/C16H15FN2O2/c1-19(14-5-7-15(20)8-6-14)16(21)18-10-9-12-3-2-4-13(17)11-12/h2-11,20H,1H3,(H,18,21)/b10-9+. The number of hydrogen-bond acceptors (Lipinski definition) is 2. The summed E-state index contributed by atoms with van der Waals surface area (Å²) in [7, 11) is 1.61. The number of halogens is 1. The van der Waals surface area contributed by atoms with Crippen LogP contribution in [0.5, 0.6) is 5.75 Å². The SMILES string of the molecule is CN(C(=O)N/C=C/c1cccc(F)c1)c1ccc(O)cc1. The maximum atomic E-state index is 13.0. The number of carbonyl (C=O) groups is 1. The lowest BCUT2D eigenvalue weighted by molar-refractivity contribution is 0.250. The molecule has 0 fully saturated rings. The zero-order valence-corrected chi connectivity index (χ0v) is 11.5. The van der Waals surface area contributed by atoms with Crippen LogP contribution in [0.15, 0.2) is 54.7 Å². The number of benzene rings is 2. The van der Waals surface area contributed by atoms with Crippen molar-refractivity contribution in [2.24, 2.45) is 0 Å². The van der Waals surface area contributed by atoms with Gasteiger partial charge in [-0.2, -0.15) is 0 Å². The van der Waals surface area contributed by atoms with E-state index in [4.69, 9.17) is 0 Å². The Bertz CT molecular complexity index is 654. The Morgan fingerprint density at radius 3 is 2.62 bits per heavy atom. The van der Waals surface area contributed by atoms with Crippen LogP contribution in [0.2, 0.25) is 0 Å². The molecule has 2 N–H and O–H groups in total. The van der Waals surface area contributed by atoms with E-state index in [9.17, 15) is 14.3 Å². The normalized spacial score (nSPS) is 10.6. The van der Waals surface area contributed by atoms with Gasteiger partial charge in [0.15, 0.2) is 0 Å². The first-order valence-corrected chi connectivity index (χ1v) is 6.31. The van der Waals surface area contributed by atoms with E-state index >= 15 is 0 Å². The number of nitrogens with one attached hydrogen (secondary N) is 1. The maximum Gasteiger partial charge on any atom is 0.325 e. The molecule has 0 aliphatic rings. The summed E-state index contributed by atoms with van der Waals surface area (Å²) in [6.07, 6.45) is 3.06. The number of nitrogens with zero attached hydrogens (tertiary/aromatic N) is 1. The first-order chi connectivity index (χ1) is 10.1. The van der Waals surface area contributed by atoms with E-state index in [2.05, 4.69) is 5.32 Å². The molecule has 0 heterocycles. The number of phenols is 1. The Morgan fingerprint density at radius 2 is 1.95 bits per heavy atom. The molecule has 2 aromatic rings. The lowest BCUT2D eigenvalue weighted by atomic mass is 10.2. The second-order valence-corrected chi connectivity index (χ2v) is 4.41. The molecular weight excluding hydrogens is 271 g/mol. The molecule has 0 atom stereocenters. The number of anilines is 1. The zero-order valence-electron chi connectivity index (χ0n) is 11.5. The van der Waals surface area contributed by atoms with E-state index in [1.165, 1.54) is 35.4 Å². The minimum absolute atomic E-state index is 0.138. The van der Waals surface area contributed by atoms with E-state index in [1.54, 1.807) is 37.4 Å². The van der Waals surface area contributed by atoms with Gasteiger partial charge in [0.2, 0.25) is 0 Å². The van der Waals surface area contributed by atoms with Crippen LogP contribution in [0, 0.1) is 5.82 Å². The van der Waals surface area contributed by atoms with Crippen LogP contribution in [0.1, 0.15) is 5.56 Å². The van der Waals surface area contributed by atoms with Crippen LogP contribution in [-0.2, 0) is 0 Å². The largest absolute Gasteiger partial charge is 0.508 e. The van der Waals surface area contributed by atoms with Gasteiger partial charge in [-0.15, -0.1) is 0 Å². The molecule has 2 rings (SSSR count). The number of rotatable bonds is 3. The monoisotopic (exact) mass is 286 g/mol. The van der Waals surface area contributed by atoms with E-state index in [-0.39, 0.29) is 17.6 Å². The lowest BCUT2D eigenvalue weighted by Crippen LogP contribution is -2.34. The molecule has 2 amide bonds. The van der Waals surface area contributed by atoms with Gasteiger partial charge in [-0.3, -0.25) is 4.90 Å². The third kappa shape index (κ3) is 4.07. The molecular formula is C16H15FN2O2. The molecule has 21 heavy (non-hydrogen) atoms. The Hall–Kier alpha value is -2.82. The number of phenolic OH excluding ortho intramolecular Hbond substituents is 1. The minimum Gasteiger partial charge on any atom is -0.508 e. The first-order valence-electron chi connectivity index (χ1n) is 6.31. The van der Waals surface area contributed by atoms with E-state index in [0.29, 0.717) is 11.3 Å². The summed E-state index contributed by atoms with van der Waals surface area (Å²) in [5, 5.41) is 11.8. The fraction of sp³-hybridized carbons (Fsp3) is 0.0625. The Kier molecular flexibility index (Phi) is 4.56. The molecule has 2 aromatic carbocycles. The lowest BCUT2D eigenvalue weighted by Gasteiger charge is -2.16. The van der Waals surface area contributed by atoms with Crippen molar-refractivity contribution in [3.8, 4) is 5.75 Å². The Balaban J connectivity index is 1.96. The van der Waals surface area contributed by atoms with Crippen LogP contribution in [0.3, 0.4) is 0 Å². The van der Waals surface area contributed by atoms with E-state index in [1.807, 2.05) is 0 Å². The maximum absolute atomic E-state index is 13.0. The highest BCUT2D eigenvalue weighted by Gasteiger charge is 2.08. The van der Waals surface area contributed by atoms with Crippen molar-refractivity contribution in [3.63, 3.8) is 0 Å². The van der Waals surface area contributed by atoms with Gasteiger partial charge < -0.3 is 10.4 Å². The van der Waals surface area contributed by atoms with Gasteiger partial charge in [-0.25, -0.2) is 9.18 Å². The van der Waals surface area contributed by atoms with Gasteiger partial charge in [0.1, 0.15) is 11.6 Å². The molecule has 0 aromatic heterocycles. The fourth-order valence-electron chi connectivity index (χ4n) is 1.71. The summed E-state index contributed by atoms with van der Waals surface area (Å²) >= 11 is 0. The Morgan fingerprint density at radius 1 is 1.24 bits per heavy atom. The van der Waals surface area contributed by atoms with Crippen LogP contribution in [-0.4, -0.2) is 18.2 Å². The quantitative estimate of drug-likeness (QED) is 0.909. The summed E-state index contributed by atoms with van der Waals surface area (Å²) in [6.45, 7) is 0. The number of carbonyl (C=O) groups excluding carboxylic acids is 1. The Labute approximate surface area is 122 Å². The molecule has 0 saturated heterocycles. The molecule has 5 heteroatoms. The summed E-state index contributed by atoms with van der Waals surface area (Å²) in [4.78, 5) is 13.3. The molecule has 0 unspecified atom stereocenters. The topological polar surface area (TPSA) is 52.6 Å². The number of amides is 2. The molecule has 0 saturated carbocycles. The number of hydrogen-bond donors (Lipinski definition) is 2. The molecule has 0 spiro atoms. The highest BCUT2D eigenvalue weighted by molar-refractivity contribution is 5.92. The van der Waals surface area contributed by atoms with Crippen molar-refractivity contribution in [3.05, 3.63) is 66.1 Å². The van der Waals surface area contributed by atoms with E-state index in [0.717, 1.165) is 0 Å². The highest BCUT2D eigenvalue weighted by Crippen LogP contribution is 2.17. The third-order valence-electron chi connectivity index (χ3n) is 2.87. The molecule has 0 aliphatic heterocycles. The number of aromatic hydroxyl groups is 1. The average Bonchev–Trinajstić information content (AvgIpc) is 2.47. The van der Waals surface area contributed by atoms with Gasteiger partial charge in [-0.05, 0) is 48.0 Å². The first kappa shape index (κ1) is 14.6. The van der Waals surface area contributed by atoms with Gasteiger partial charge in [-0.1, -0.05) is 12.1 Å². The van der Waals surface area contributed by atoms with Gasteiger partial charge >= 0.3 is 6.03 Å². The fourth-order valence-corrected chi connectivity index (χ4v) is 1.71. The molecule has 108 valence electrons. The van der Waals surface area contributed by atoms with Gasteiger partial charge in [0, 0.05) is 18.9 Å². The predicted octanol–water partition coefficient (Wildman–Crippen LogP) is 3.35. The van der Waals surface area contributed by atoms with Gasteiger partial charge in [0.05, 0.1) is 0 Å². The van der Waals surface area contributed by atoms with Crippen molar-refractivity contribution in [2.45, 2.75) is 0 Å². The van der Waals surface area contributed by atoms with Crippen molar-refractivity contribution < 1.29 is 14.3 Å². The van der Waals surface area contributed by atoms with Crippen LogP contribution in [0.4, 0.5) is 14.9 Å². The molecule has 0 bridgehead atoms. The van der Waals surface area contributed by atoms with Crippen molar-refractivity contribution in [2.75, 3.05) is 11.9 Å². The summed E-state index contributed by atoms with van der Waals surface area (Å²) < 4.78 is 13.0. The van der Waals surface area contributed by atoms with Crippen LogP contribution in [0.25, 0.3) is 6.08 Å². The second-order valence-electron chi connectivity index (χ2n) is 4.41. The summed E-state index contributed by atoms with van der Waals surface area (Å²) in [5.74, 6) is -0.191. The van der Waals surface area contributed by atoms with Crippen LogP contribution >= 0.6 is 0 Å². The molecule has 0 radical (unpaired) electrons. The van der Waals surface area contributed by atoms with Crippen molar-refractivity contribution >= 4 is 17.8 Å². The van der Waals surface area contributed by atoms with Gasteiger partial charge in [0.25, 0.3) is 0 Å².